The van der Waals surface area contributed by atoms with Crippen molar-refractivity contribution in [2.75, 3.05) is 11.6 Å². The molecular formula is C18H19ClF2N4S. The van der Waals surface area contributed by atoms with Gasteiger partial charge in [-0.05, 0) is 49.9 Å². The van der Waals surface area contributed by atoms with Crippen LogP contribution in [-0.4, -0.2) is 21.2 Å². The summed E-state index contributed by atoms with van der Waals surface area (Å²) in [4.78, 5) is 11.6. The monoisotopic (exact) mass is 396 g/mol. The highest BCUT2D eigenvalue weighted by Gasteiger charge is 2.19. The maximum absolute atomic E-state index is 13.5. The van der Waals surface area contributed by atoms with E-state index in [0.29, 0.717) is 17.2 Å². The number of anilines is 1. The van der Waals surface area contributed by atoms with Crippen LogP contribution in [0.25, 0.3) is 0 Å². The van der Waals surface area contributed by atoms with E-state index < -0.39 is 11.9 Å². The van der Waals surface area contributed by atoms with Gasteiger partial charge in [0.05, 0.1) is 10.7 Å². The zero-order valence-electron chi connectivity index (χ0n) is 14.5. The highest BCUT2D eigenvalue weighted by molar-refractivity contribution is 7.79. The molecule has 3 rings (SSSR count). The zero-order chi connectivity index (χ0) is 19.3. The number of pyridine rings is 1. The first-order chi connectivity index (χ1) is 12.4. The molecule has 0 bridgehead atoms. The van der Waals surface area contributed by atoms with Gasteiger partial charge in [0.15, 0.2) is 0 Å². The second kappa shape index (κ2) is 9.00. The molecule has 1 atom stereocenters. The number of H-pyrrole nitrogens is 1. The molecule has 0 radical (unpaired) electrons. The van der Waals surface area contributed by atoms with Crippen LogP contribution in [0.5, 0.6) is 0 Å². The molecule has 138 valence electrons. The smallest absolute Gasteiger partial charge is 0.144 e. The van der Waals surface area contributed by atoms with Gasteiger partial charge in [-0.3, -0.25) is 0 Å². The van der Waals surface area contributed by atoms with Gasteiger partial charge in [0.25, 0.3) is 0 Å². The molecule has 0 aliphatic rings. The average molecular weight is 397 g/mol. The standard InChI is InChI=1S/C17H15ClF2N4.CH4S/c1-9-8-21-17(22-9)16(11-3-4-14(20)12(18)7-11)24-15-6-5-13(19)10(2)23-15;1-2/h3-8,16H,1-2H3,(H,21,22)(H,23,24);2H,1H3/t16-;/m1./s1. The van der Waals surface area contributed by atoms with Crippen molar-refractivity contribution < 1.29 is 8.78 Å². The SMILES string of the molecule is CS.Cc1cnc([C@H](Nc2ccc(F)c(C)n2)c2ccc(F)c(Cl)c2)[nH]1. The maximum Gasteiger partial charge on any atom is 0.144 e. The number of aromatic nitrogens is 3. The summed E-state index contributed by atoms with van der Waals surface area (Å²) in [5.41, 5.74) is 1.87. The topological polar surface area (TPSA) is 53.6 Å². The molecular weight excluding hydrogens is 378 g/mol. The van der Waals surface area contributed by atoms with E-state index in [1.54, 1.807) is 25.4 Å². The summed E-state index contributed by atoms with van der Waals surface area (Å²) in [6.07, 6.45) is 3.39. The van der Waals surface area contributed by atoms with E-state index in [1.165, 1.54) is 24.3 Å². The normalized spacial score (nSPS) is 11.5. The average Bonchev–Trinajstić information content (AvgIpc) is 3.06. The van der Waals surface area contributed by atoms with E-state index in [-0.39, 0.29) is 16.5 Å². The maximum atomic E-state index is 13.5. The summed E-state index contributed by atoms with van der Waals surface area (Å²) in [7, 11) is 0. The first-order valence-electron chi connectivity index (χ1n) is 7.75. The van der Waals surface area contributed by atoms with E-state index in [2.05, 4.69) is 32.9 Å². The molecule has 2 N–H and O–H groups in total. The summed E-state index contributed by atoms with van der Waals surface area (Å²) in [5.74, 6) is 0.230. The summed E-state index contributed by atoms with van der Waals surface area (Å²) in [6, 6.07) is 6.89. The van der Waals surface area contributed by atoms with Gasteiger partial charge < -0.3 is 10.3 Å². The van der Waals surface area contributed by atoms with Crippen LogP contribution in [0.15, 0.2) is 36.5 Å². The van der Waals surface area contributed by atoms with Gasteiger partial charge in [0.2, 0.25) is 0 Å². The van der Waals surface area contributed by atoms with E-state index >= 15 is 0 Å². The molecule has 0 aliphatic heterocycles. The molecule has 0 spiro atoms. The molecule has 0 amide bonds. The number of nitrogens with one attached hydrogen (secondary N) is 2. The van der Waals surface area contributed by atoms with Crippen LogP contribution in [-0.2, 0) is 0 Å². The third-order valence-corrected chi connectivity index (χ3v) is 3.88. The Balaban J connectivity index is 0.00000117. The molecule has 2 heterocycles. The van der Waals surface area contributed by atoms with Crippen LogP contribution in [0.2, 0.25) is 5.02 Å². The molecule has 26 heavy (non-hydrogen) atoms. The number of imidazole rings is 1. The van der Waals surface area contributed by atoms with Gasteiger partial charge in [-0.2, -0.15) is 12.6 Å². The number of nitrogens with zero attached hydrogens (tertiary/aromatic N) is 2. The number of aromatic amines is 1. The second-order valence-electron chi connectivity index (χ2n) is 5.47. The number of rotatable bonds is 4. The number of thiol groups is 1. The Morgan fingerprint density at radius 3 is 2.38 bits per heavy atom. The number of hydrogen-bond acceptors (Lipinski definition) is 4. The Hall–Kier alpha value is -2.12. The summed E-state index contributed by atoms with van der Waals surface area (Å²) >= 11 is 9.43. The molecule has 0 fully saturated rings. The summed E-state index contributed by atoms with van der Waals surface area (Å²) in [6.45, 7) is 3.47. The lowest BCUT2D eigenvalue weighted by atomic mass is 10.1. The van der Waals surface area contributed by atoms with Crippen LogP contribution in [0, 0.1) is 25.5 Å². The van der Waals surface area contributed by atoms with Gasteiger partial charge in [-0.25, -0.2) is 18.7 Å². The van der Waals surface area contributed by atoms with Crippen molar-refractivity contribution >= 4 is 30.0 Å². The predicted octanol–water partition coefficient (Wildman–Crippen LogP) is 5.10. The van der Waals surface area contributed by atoms with Crippen LogP contribution < -0.4 is 5.32 Å². The predicted molar refractivity (Wildman–Crippen MR) is 104 cm³/mol. The number of benzene rings is 1. The van der Waals surface area contributed by atoms with Crippen molar-refractivity contribution in [3.05, 3.63) is 76.0 Å². The van der Waals surface area contributed by atoms with Crippen molar-refractivity contribution in [3.63, 3.8) is 0 Å². The molecule has 4 nitrogen and oxygen atoms in total. The molecule has 0 unspecified atom stereocenters. The largest absolute Gasteiger partial charge is 0.356 e. The fourth-order valence-corrected chi connectivity index (χ4v) is 2.54. The van der Waals surface area contributed by atoms with E-state index in [4.69, 9.17) is 11.6 Å². The van der Waals surface area contributed by atoms with Gasteiger partial charge >= 0.3 is 0 Å². The summed E-state index contributed by atoms with van der Waals surface area (Å²) < 4.78 is 26.9. The van der Waals surface area contributed by atoms with E-state index in [0.717, 1.165) is 5.69 Å². The number of hydrogen-bond donors (Lipinski definition) is 3. The van der Waals surface area contributed by atoms with E-state index in [9.17, 15) is 8.78 Å². The van der Waals surface area contributed by atoms with Crippen molar-refractivity contribution in [2.45, 2.75) is 19.9 Å². The molecule has 0 saturated heterocycles. The lowest BCUT2D eigenvalue weighted by Gasteiger charge is -2.18. The summed E-state index contributed by atoms with van der Waals surface area (Å²) in [5, 5.41) is 3.21. The third kappa shape index (κ3) is 4.74. The molecule has 3 aromatic rings. The Morgan fingerprint density at radius 2 is 1.81 bits per heavy atom. The Bertz CT molecular complexity index is 885. The Kier molecular flexibility index (Phi) is 6.99. The molecule has 0 saturated carbocycles. The highest BCUT2D eigenvalue weighted by atomic mass is 35.5. The first kappa shape index (κ1) is 20.2. The third-order valence-electron chi connectivity index (χ3n) is 3.59. The van der Waals surface area contributed by atoms with Gasteiger partial charge in [0.1, 0.15) is 29.3 Å². The highest BCUT2D eigenvalue weighted by Crippen LogP contribution is 2.27. The van der Waals surface area contributed by atoms with Crippen molar-refractivity contribution in [2.24, 2.45) is 0 Å². The number of halogens is 3. The molecule has 0 aliphatic carbocycles. The number of aryl methyl sites for hydroxylation is 2. The van der Waals surface area contributed by atoms with Crippen LogP contribution >= 0.6 is 24.2 Å². The first-order valence-corrected chi connectivity index (χ1v) is 9.02. The molecule has 8 heteroatoms. The fraction of sp³-hybridized carbons (Fsp3) is 0.222. The second-order valence-corrected chi connectivity index (χ2v) is 5.87. The lowest BCUT2D eigenvalue weighted by molar-refractivity contribution is 0.609. The lowest BCUT2D eigenvalue weighted by Crippen LogP contribution is -2.15. The zero-order valence-corrected chi connectivity index (χ0v) is 16.2. The van der Waals surface area contributed by atoms with Crippen molar-refractivity contribution in [1.82, 2.24) is 15.0 Å². The van der Waals surface area contributed by atoms with Crippen LogP contribution in [0.1, 0.15) is 28.8 Å². The van der Waals surface area contributed by atoms with Crippen LogP contribution in [0.3, 0.4) is 0 Å². The molecule has 1 aromatic carbocycles. The minimum atomic E-state index is -0.495. The minimum absolute atomic E-state index is 0.0193. The minimum Gasteiger partial charge on any atom is -0.356 e. The molecule has 2 aromatic heterocycles. The van der Waals surface area contributed by atoms with Gasteiger partial charge in [0, 0.05) is 11.9 Å². The van der Waals surface area contributed by atoms with E-state index in [1.807, 2.05) is 6.92 Å². The van der Waals surface area contributed by atoms with Gasteiger partial charge in [-0.1, -0.05) is 17.7 Å². The Morgan fingerprint density at radius 1 is 1.12 bits per heavy atom. The fourth-order valence-electron chi connectivity index (χ4n) is 2.35. The van der Waals surface area contributed by atoms with Crippen LogP contribution in [0.4, 0.5) is 14.6 Å². The van der Waals surface area contributed by atoms with Crippen molar-refractivity contribution in [1.29, 1.82) is 0 Å². The van der Waals surface area contributed by atoms with Crippen molar-refractivity contribution in [3.8, 4) is 0 Å². The quantitative estimate of drug-likeness (QED) is 0.538. The van der Waals surface area contributed by atoms with Gasteiger partial charge in [-0.15, -0.1) is 0 Å². The Labute approximate surface area is 161 Å².